The molecule has 0 aromatic heterocycles. The number of hydrogen-bond acceptors (Lipinski definition) is 11. The van der Waals surface area contributed by atoms with Crippen LogP contribution in [0.15, 0.2) is 121 Å². The van der Waals surface area contributed by atoms with Crippen molar-refractivity contribution in [2.45, 2.75) is 94.7 Å². The van der Waals surface area contributed by atoms with Crippen LogP contribution in [-0.2, 0) is 78.6 Å². The second-order valence-corrected chi connectivity index (χ2v) is 14.5. The fourth-order valence-corrected chi connectivity index (χ4v) is 7.47. The summed E-state index contributed by atoms with van der Waals surface area (Å²) in [4.78, 5) is 26.1. The molecule has 0 saturated carbocycles. The zero-order valence-electron chi connectivity index (χ0n) is 32.8. The van der Waals surface area contributed by atoms with E-state index in [-0.39, 0.29) is 51.4 Å². The minimum absolute atomic E-state index is 0.0441. The average Bonchev–Trinajstić information content (AvgIpc) is 3.25. The molecule has 4 aromatic carbocycles. The molecule has 58 heavy (non-hydrogen) atoms. The summed E-state index contributed by atoms with van der Waals surface area (Å²) in [5.74, 6) is -0.686. The largest absolute Gasteiger partial charge is 0.374 e. The lowest BCUT2D eigenvalue weighted by Gasteiger charge is -2.50. The fraction of sp³-hybridized carbons (Fsp3) is 0.422. The monoisotopic (exact) mass is 796 g/mol. The second-order valence-electron chi connectivity index (χ2n) is 14.5. The van der Waals surface area contributed by atoms with Crippen LogP contribution in [0.2, 0.25) is 0 Å². The highest BCUT2D eigenvalue weighted by molar-refractivity contribution is 5.77. The quantitative estimate of drug-likeness (QED) is 0.176. The molecule has 2 N–H and O–H groups in total. The molecule has 7 rings (SSSR count). The van der Waals surface area contributed by atoms with Gasteiger partial charge in [-0.3, -0.25) is 9.59 Å². The molecule has 3 fully saturated rings. The molecule has 2 amide bonds. The molecule has 3 aliphatic rings. The Morgan fingerprint density at radius 3 is 1.72 bits per heavy atom. The van der Waals surface area contributed by atoms with Crippen LogP contribution < -0.4 is 10.6 Å². The van der Waals surface area contributed by atoms with Gasteiger partial charge in [0.05, 0.1) is 33.0 Å². The Kier molecular flexibility index (Phi) is 15.0. The van der Waals surface area contributed by atoms with Crippen molar-refractivity contribution in [1.29, 1.82) is 0 Å². The number of benzene rings is 4. The van der Waals surface area contributed by atoms with Crippen LogP contribution in [0.4, 0.5) is 0 Å². The SMILES string of the molecule is CO[C@@H]1O[C@@H]2CNC(=O)CO[C@@H]3[C@@H](O[C@H]2[C@H](OCc2ccccc2)[C@H]1NC(C)=O)O[C@H](COCc1ccccc1)[C@H](OCc1ccccc1)[C@@H]3OCc1ccccc1. The zero-order valence-corrected chi connectivity index (χ0v) is 32.8. The van der Waals surface area contributed by atoms with Gasteiger partial charge in [-0.05, 0) is 22.3 Å². The first kappa shape index (κ1) is 41.6. The van der Waals surface area contributed by atoms with E-state index < -0.39 is 61.3 Å². The van der Waals surface area contributed by atoms with Gasteiger partial charge < -0.3 is 53.3 Å². The van der Waals surface area contributed by atoms with Gasteiger partial charge in [0.1, 0.15) is 55.4 Å². The molecule has 308 valence electrons. The third kappa shape index (κ3) is 11.1. The number of hydrogen-bond donors (Lipinski definition) is 2. The van der Waals surface area contributed by atoms with E-state index >= 15 is 0 Å². The lowest BCUT2D eigenvalue weighted by Crippen LogP contribution is -2.69. The van der Waals surface area contributed by atoms with Crippen molar-refractivity contribution < 1.29 is 52.2 Å². The molecule has 13 heteroatoms. The van der Waals surface area contributed by atoms with Crippen molar-refractivity contribution in [1.82, 2.24) is 10.6 Å². The first-order valence-corrected chi connectivity index (χ1v) is 19.7. The number of carbonyl (C=O) groups excluding carboxylic acids is 2. The van der Waals surface area contributed by atoms with Gasteiger partial charge in [0.25, 0.3) is 0 Å². The highest BCUT2D eigenvalue weighted by Gasteiger charge is 2.54. The number of nitrogens with one attached hydrogen (secondary N) is 2. The van der Waals surface area contributed by atoms with E-state index in [1.54, 1.807) is 0 Å². The number of fused-ring (bicyclic) bond motifs is 2. The first-order valence-electron chi connectivity index (χ1n) is 19.7. The maximum absolute atomic E-state index is 13.4. The number of rotatable bonds is 15. The standard InChI is InChI=1S/C45H52N2O11/c1-30(48)47-38-41(53-26-33-19-11-5-12-20-33)40-35(56-44(38)50-2)23-46-37(49)29-55-43-42(54-27-34-21-13-6-14-22-34)39(52-25-32-17-9-4-10-18-32)36(57-45(43)58-40)28-51-24-31-15-7-3-8-16-31/h3-22,35-36,38-45H,23-29H2,1-2H3,(H,46,49)(H,47,48)/t35-,36-,38-,39+,40-,41-,42+,43+,44-,45-/m1/s1. The van der Waals surface area contributed by atoms with E-state index in [4.69, 9.17) is 42.6 Å². The molecule has 3 saturated heterocycles. The molecule has 4 aromatic rings. The molecule has 0 unspecified atom stereocenters. The maximum Gasteiger partial charge on any atom is 0.246 e. The predicted molar refractivity (Wildman–Crippen MR) is 211 cm³/mol. The first-order chi connectivity index (χ1) is 28.4. The second kappa shape index (κ2) is 20.9. The molecular weight excluding hydrogens is 744 g/mol. The highest BCUT2D eigenvalue weighted by atomic mass is 16.8. The third-order valence-corrected chi connectivity index (χ3v) is 10.3. The zero-order chi connectivity index (χ0) is 40.1. The molecule has 10 atom stereocenters. The van der Waals surface area contributed by atoms with E-state index in [0.29, 0.717) is 6.61 Å². The number of carbonyl (C=O) groups is 2. The summed E-state index contributed by atoms with van der Waals surface area (Å²) in [5.41, 5.74) is 3.79. The van der Waals surface area contributed by atoms with Crippen molar-refractivity contribution in [3.8, 4) is 0 Å². The molecule has 0 spiro atoms. The van der Waals surface area contributed by atoms with Gasteiger partial charge in [-0.1, -0.05) is 121 Å². The van der Waals surface area contributed by atoms with Crippen LogP contribution in [-0.4, -0.2) is 100 Å². The highest BCUT2D eigenvalue weighted by Crippen LogP contribution is 2.35. The Bertz CT molecular complexity index is 1840. The van der Waals surface area contributed by atoms with Gasteiger partial charge in [-0.25, -0.2) is 0 Å². The van der Waals surface area contributed by atoms with E-state index in [0.717, 1.165) is 22.3 Å². The Hall–Kier alpha value is -4.54. The van der Waals surface area contributed by atoms with Crippen LogP contribution in [0, 0.1) is 0 Å². The van der Waals surface area contributed by atoms with Gasteiger partial charge in [0.2, 0.25) is 11.8 Å². The van der Waals surface area contributed by atoms with Crippen LogP contribution >= 0.6 is 0 Å². The van der Waals surface area contributed by atoms with Crippen molar-refractivity contribution in [2.24, 2.45) is 0 Å². The van der Waals surface area contributed by atoms with E-state index in [1.165, 1.54) is 14.0 Å². The Labute approximate surface area is 339 Å². The van der Waals surface area contributed by atoms with Crippen LogP contribution in [0.5, 0.6) is 0 Å². The normalized spacial score (nSPS) is 28.7. The van der Waals surface area contributed by atoms with Crippen LogP contribution in [0.3, 0.4) is 0 Å². The van der Waals surface area contributed by atoms with Crippen molar-refractivity contribution >= 4 is 11.8 Å². The van der Waals surface area contributed by atoms with Gasteiger partial charge in [-0.2, -0.15) is 0 Å². The topological polar surface area (TPSA) is 141 Å². The Morgan fingerprint density at radius 2 is 1.19 bits per heavy atom. The van der Waals surface area contributed by atoms with Crippen LogP contribution in [0.1, 0.15) is 29.2 Å². The fourth-order valence-electron chi connectivity index (χ4n) is 7.47. The lowest BCUT2D eigenvalue weighted by molar-refractivity contribution is -0.361. The smallest absolute Gasteiger partial charge is 0.246 e. The summed E-state index contributed by atoms with van der Waals surface area (Å²) in [6.45, 7) is 2.25. The molecule has 13 nitrogen and oxygen atoms in total. The third-order valence-electron chi connectivity index (χ3n) is 10.3. The van der Waals surface area contributed by atoms with E-state index in [2.05, 4.69) is 10.6 Å². The van der Waals surface area contributed by atoms with Gasteiger partial charge in [0, 0.05) is 20.6 Å². The maximum atomic E-state index is 13.4. The summed E-state index contributed by atoms with van der Waals surface area (Å²) in [5, 5.41) is 5.89. The van der Waals surface area contributed by atoms with Crippen LogP contribution in [0.25, 0.3) is 0 Å². The summed E-state index contributed by atoms with van der Waals surface area (Å²) in [6, 6.07) is 38.3. The van der Waals surface area contributed by atoms with E-state index in [1.807, 2.05) is 121 Å². The molecule has 3 heterocycles. The van der Waals surface area contributed by atoms with Gasteiger partial charge in [0.15, 0.2) is 12.6 Å². The molecular formula is C45H52N2O11. The summed E-state index contributed by atoms with van der Waals surface area (Å²) < 4.78 is 59.0. The van der Waals surface area contributed by atoms with Gasteiger partial charge >= 0.3 is 0 Å². The average molecular weight is 797 g/mol. The Morgan fingerprint density at radius 1 is 0.672 bits per heavy atom. The lowest BCUT2D eigenvalue weighted by atomic mass is 9.94. The summed E-state index contributed by atoms with van der Waals surface area (Å²) in [7, 11) is 1.49. The number of methoxy groups -OCH3 is 1. The number of ether oxygens (including phenoxy) is 9. The number of amides is 2. The minimum Gasteiger partial charge on any atom is -0.374 e. The van der Waals surface area contributed by atoms with Crippen molar-refractivity contribution in [3.05, 3.63) is 144 Å². The van der Waals surface area contributed by atoms with Crippen molar-refractivity contribution in [3.63, 3.8) is 0 Å². The van der Waals surface area contributed by atoms with Gasteiger partial charge in [-0.15, -0.1) is 0 Å². The molecule has 3 aliphatic heterocycles. The summed E-state index contributed by atoms with van der Waals surface area (Å²) >= 11 is 0. The van der Waals surface area contributed by atoms with Crippen molar-refractivity contribution in [2.75, 3.05) is 26.9 Å². The predicted octanol–water partition coefficient (Wildman–Crippen LogP) is 4.46. The molecule has 0 aliphatic carbocycles. The minimum atomic E-state index is -1.13. The van der Waals surface area contributed by atoms with E-state index in [9.17, 15) is 9.59 Å². The molecule has 0 radical (unpaired) electrons. The Balaban J connectivity index is 1.25. The molecule has 0 bridgehead atoms. The summed E-state index contributed by atoms with van der Waals surface area (Å²) in [6.07, 6.45) is -7.84.